The molecule has 0 aliphatic carbocycles. The van der Waals surface area contributed by atoms with Gasteiger partial charge in [-0.05, 0) is 24.1 Å². The first-order chi connectivity index (χ1) is 9.99. The summed E-state index contributed by atoms with van der Waals surface area (Å²) >= 11 is 4.88. The topological polar surface area (TPSA) is 75.4 Å². The van der Waals surface area contributed by atoms with E-state index in [1.54, 1.807) is 25.1 Å². The quantitative estimate of drug-likeness (QED) is 0.757. The Morgan fingerprint density at radius 2 is 1.90 bits per heavy atom. The number of aryl methyl sites for hydroxylation is 1. The highest BCUT2D eigenvalue weighted by molar-refractivity contribution is 7.80. The summed E-state index contributed by atoms with van der Waals surface area (Å²) in [6.45, 7) is 2.12. The Morgan fingerprint density at radius 1 is 1.24 bits per heavy atom. The standard InChI is InChI=1S/C16H16N2O2S/c1-10-3-2-4-13(14(10)19)16(20)18-9-11-5-7-12(8-6-11)15(17)21/h2-8,19H,9H2,1H3,(H2,17,21)(H,18,20). The molecule has 0 saturated carbocycles. The van der Waals surface area contributed by atoms with E-state index in [1.807, 2.05) is 24.3 Å². The number of hydrogen-bond donors (Lipinski definition) is 3. The summed E-state index contributed by atoms with van der Waals surface area (Å²) in [5.41, 5.74) is 8.18. The summed E-state index contributed by atoms with van der Waals surface area (Å²) in [6, 6.07) is 12.4. The Balaban J connectivity index is 2.04. The van der Waals surface area contributed by atoms with Crippen LogP contribution in [-0.4, -0.2) is 16.0 Å². The molecule has 0 bridgehead atoms. The van der Waals surface area contributed by atoms with Gasteiger partial charge in [0.1, 0.15) is 10.7 Å². The molecule has 2 aromatic rings. The van der Waals surface area contributed by atoms with Crippen LogP contribution in [0.15, 0.2) is 42.5 Å². The lowest BCUT2D eigenvalue weighted by molar-refractivity contribution is 0.0948. The lowest BCUT2D eigenvalue weighted by Gasteiger charge is -2.09. The summed E-state index contributed by atoms with van der Waals surface area (Å²) in [6.07, 6.45) is 0. The lowest BCUT2D eigenvalue weighted by atomic mass is 10.1. The van der Waals surface area contributed by atoms with E-state index in [0.717, 1.165) is 11.1 Å². The fraction of sp³-hybridized carbons (Fsp3) is 0.125. The van der Waals surface area contributed by atoms with Crippen LogP contribution in [-0.2, 0) is 6.54 Å². The molecule has 2 aromatic carbocycles. The van der Waals surface area contributed by atoms with E-state index in [-0.39, 0.29) is 17.2 Å². The van der Waals surface area contributed by atoms with Crippen molar-refractivity contribution in [1.29, 1.82) is 0 Å². The average Bonchev–Trinajstić information content (AvgIpc) is 2.48. The molecule has 4 N–H and O–H groups in total. The molecule has 2 rings (SSSR count). The fourth-order valence-electron chi connectivity index (χ4n) is 1.91. The molecule has 0 fully saturated rings. The van der Waals surface area contributed by atoms with Gasteiger partial charge in [0, 0.05) is 12.1 Å². The van der Waals surface area contributed by atoms with E-state index in [9.17, 15) is 9.90 Å². The van der Waals surface area contributed by atoms with Gasteiger partial charge in [-0.2, -0.15) is 0 Å². The van der Waals surface area contributed by atoms with Crippen LogP contribution < -0.4 is 11.1 Å². The van der Waals surface area contributed by atoms with E-state index >= 15 is 0 Å². The number of aromatic hydroxyl groups is 1. The summed E-state index contributed by atoms with van der Waals surface area (Å²) < 4.78 is 0. The number of benzene rings is 2. The second-order valence-corrected chi connectivity index (χ2v) is 5.15. The number of carbonyl (C=O) groups is 1. The summed E-state index contributed by atoms with van der Waals surface area (Å²) in [5, 5.41) is 12.6. The zero-order valence-corrected chi connectivity index (χ0v) is 12.4. The third-order valence-corrected chi connectivity index (χ3v) is 3.41. The van der Waals surface area contributed by atoms with Crippen molar-refractivity contribution >= 4 is 23.1 Å². The molecule has 0 atom stereocenters. The van der Waals surface area contributed by atoms with Gasteiger partial charge in [-0.3, -0.25) is 4.79 Å². The molecule has 4 nitrogen and oxygen atoms in total. The van der Waals surface area contributed by atoms with Gasteiger partial charge in [0.25, 0.3) is 5.91 Å². The molecule has 0 heterocycles. The molecule has 0 radical (unpaired) electrons. The summed E-state index contributed by atoms with van der Waals surface area (Å²) in [7, 11) is 0. The van der Waals surface area contributed by atoms with Crippen molar-refractivity contribution in [2.45, 2.75) is 13.5 Å². The largest absolute Gasteiger partial charge is 0.507 e. The third-order valence-electron chi connectivity index (χ3n) is 3.17. The predicted octanol–water partition coefficient (Wildman–Crippen LogP) is 2.26. The van der Waals surface area contributed by atoms with Gasteiger partial charge in [0.2, 0.25) is 0 Å². The first kappa shape index (κ1) is 15.0. The van der Waals surface area contributed by atoms with E-state index in [1.165, 1.54) is 0 Å². The maximum absolute atomic E-state index is 12.1. The normalized spacial score (nSPS) is 10.1. The Morgan fingerprint density at radius 3 is 2.52 bits per heavy atom. The maximum atomic E-state index is 12.1. The minimum absolute atomic E-state index is 0.0128. The van der Waals surface area contributed by atoms with Crippen LogP contribution >= 0.6 is 12.2 Å². The van der Waals surface area contributed by atoms with Gasteiger partial charge in [-0.25, -0.2) is 0 Å². The van der Waals surface area contributed by atoms with Crippen molar-refractivity contribution in [2.24, 2.45) is 5.73 Å². The van der Waals surface area contributed by atoms with Gasteiger partial charge in [-0.1, -0.05) is 48.6 Å². The second-order valence-electron chi connectivity index (χ2n) is 4.71. The first-order valence-electron chi connectivity index (χ1n) is 6.44. The first-order valence-corrected chi connectivity index (χ1v) is 6.85. The third kappa shape index (κ3) is 3.58. The van der Waals surface area contributed by atoms with E-state index < -0.39 is 0 Å². The molecular weight excluding hydrogens is 284 g/mol. The molecule has 1 amide bonds. The Labute approximate surface area is 128 Å². The minimum atomic E-state index is -0.311. The number of nitrogens with two attached hydrogens (primary N) is 1. The number of thiocarbonyl (C=S) groups is 1. The monoisotopic (exact) mass is 300 g/mol. The van der Waals surface area contributed by atoms with Gasteiger partial charge in [0.15, 0.2) is 0 Å². The smallest absolute Gasteiger partial charge is 0.255 e. The number of carbonyl (C=O) groups excluding carboxylic acids is 1. The Bertz CT molecular complexity index is 681. The number of para-hydroxylation sites is 1. The summed E-state index contributed by atoms with van der Waals surface area (Å²) in [4.78, 5) is 12.4. The highest BCUT2D eigenvalue weighted by atomic mass is 32.1. The van der Waals surface area contributed by atoms with Crippen molar-refractivity contribution in [2.75, 3.05) is 0 Å². The van der Waals surface area contributed by atoms with Gasteiger partial charge >= 0.3 is 0 Å². The van der Waals surface area contributed by atoms with Gasteiger partial charge in [0.05, 0.1) is 5.56 Å². The van der Waals surface area contributed by atoms with Crippen molar-refractivity contribution in [3.05, 3.63) is 64.7 Å². The lowest BCUT2D eigenvalue weighted by Crippen LogP contribution is -2.23. The van der Waals surface area contributed by atoms with E-state index in [0.29, 0.717) is 17.1 Å². The maximum Gasteiger partial charge on any atom is 0.255 e. The second kappa shape index (κ2) is 6.37. The van der Waals surface area contributed by atoms with Crippen molar-refractivity contribution in [1.82, 2.24) is 5.32 Å². The molecule has 0 aromatic heterocycles. The summed E-state index contributed by atoms with van der Waals surface area (Å²) in [5.74, 6) is -0.298. The van der Waals surface area contributed by atoms with Crippen LogP contribution in [0.2, 0.25) is 0 Å². The predicted molar refractivity (Wildman–Crippen MR) is 86.3 cm³/mol. The average molecular weight is 300 g/mol. The van der Waals surface area contributed by atoms with Crippen molar-refractivity contribution in [3.8, 4) is 5.75 Å². The Hall–Kier alpha value is -2.40. The number of hydrogen-bond acceptors (Lipinski definition) is 3. The van der Waals surface area contributed by atoms with Crippen LogP contribution in [0.4, 0.5) is 0 Å². The molecule has 5 heteroatoms. The number of nitrogens with one attached hydrogen (secondary N) is 1. The molecule has 0 aliphatic rings. The zero-order valence-electron chi connectivity index (χ0n) is 11.6. The van der Waals surface area contributed by atoms with Gasteiger partial charge in [-0.15, -0.1) is 0 Å². The highest BCUT2D eigenvalue weighted by Gasteiger charge is 2.11. The molecule has 0 saturated heterocycles. The minimum Gasteiger partial charge on any atom is -0.507 e. The molecule has 0 spiro atoms. The number of phenols is 1. The molecular formula is C16H16N2O2S. The van der Waals surface area contributed by atoms with Crippen molar-refractivity contribution in [3.63, 3.8) is 0 Å². The number of rotatable bonds is 4. The zero-order chi connectivity index (χ0) is 15.4. The molecule has 0 unspecified atom stereocenters. The van der Waals surface area contributed by atoms with Crippen molar-refractivity contribution < 1.29 is 9.90 Å². The number of amides is 1. The van der Waals surface area contributed by atoms with Gasteiger partial charge < -0.3 is 16.2 Å². The van der Waals surface area contributed by atoms with E-state index in [4.69, 9.17) is 18.0 Å². The van der Waals surface area contributed by atoms with E-state index in [2.05, 4.69) is 5.32 Å². The van der Waals surface area contributed by atoms with Crippen LogP contribution in [0, 0.1) is 6.92 Å². The SMILES string of the molecule is Cc1cccc(C(=O)NCc2ccc(C(N)=S)cc2)c1O. The van der Waals surface area contributed by atoms with Crippen LogP contribution in [0.5, 0.6) is 5.75 Å². The van der Waals surface area contributed by atoms with Crippen LogP contribution in [0.25, 0.3) is 0 Å². The molecule has 0 aliphatic heterocycles. The highest BCUT2D eigenvalue weighted by Crippen LogP contribution is 2.21. The fourth-order valence-corrected chi connectivity index (χ4v) is 2.04. The van der Waals surface area contributed by atoms with Crippen LogP contribution in [0.1, 0.15) is 27.0 Å². The van der Waals surface area contributed by atoms with Crippen LogP contribution in [0.3, 0.4) is 0 Å². The molecule has 21 heavy (non-hydrogen) atoms. The Kier molecular flexibility index (Phi) is 4.55. The molecule has 108 valence electrons. The number of phenolic OH excluding ortho intramolecular Hbond substituents is 1.